The van der Waals surface area contributed by atoms with Crippen LogP contribution in [0.2, 0.25) is 0 Å². The van der Waals surface area contributed by atoms with Crippen molar-refractivity contribution >= 4 is 29.2 Å². The highest BCUT2D eigenvalue weighted by Gasteiger charge is 2.24. The Hall–Kier alpha value is -4.29. The molecule has 0 fully saturated rings. The summed E-state index contributed by atoms with van der Waals surface area (Å²) in [7, 11) is 1.52. The Labute approximate surface area is 182 Å². The molecule has 0 N–H and O–H groups in total. The van der Waals surface area contributed by atoms with Crippen LogP contribution in [0.15, 0.2) is 54.6 Å². The second-order valence-corrected chi connectivity index (χ2v) is 5.97. The van der Waals surface area contributed by atoms with Crippen LogP contribution in [-0.2, 0) is 9.59 Å². The molecule has 2 amide bonds. The average Bonchev–Trinajstić information content (AvgIpc) is 3.15. The molecule has 2 aromatic carbocycles. The molecule has 156 valence electrons. The molecule has 3 rings (SSSR count). The monoisotopic (exact) mass is 414 g/mol. The largest absolute Gasteiger partial charge is 0.493 e. The van der Waals surface area contributed by atoms with Crippen molar-refractivity contribution in [2.45, 2.75) is 13.8 Å². The fourth-order valence-corrected chi connectivity index (χ4v) is 2.80. The van der Waals surface area contributed by atoms with Gasteiger partial charge in [0.25, 0.3) is 11.8 Å². The molecule has 6 heteroatoms. The first-order valence-corrected chi connectivity index (χ1v) is 9.60. The molecule has 0 saturated heterocycles. The fourth-order valence-electron chi connectivity index (χ4n) is 2.80. The fraction of sp³-hybridized carbons (Fsp3) is 0.160. The Balaban J connectivity index is 0.00000166. The topological polar surface area (TPSA) is 79.6 Å². The van der Waals surface area contributed by atoms with E-state index < -0.39 is 11.8 Å². The van der Waals surface area contributed by atoms with Gasteiger partial charge >= 0.3 is 0 Å². The number of methoxy groups -OCH3 is 1. The summed E-state index contributed by atoms with van der Waals surface area (Å²) in [5.74, 6) is 2.62. The minimum absolute atomic E-state index is 0.124. The van der Waals surface area contributed by atoms with Gasteiger partial charge in [-0.25, -0.2) is 4.90 Å². The molecule has 0 aromatic heterocycles. The van der Waals surface area contributed by atoms with E-state index in [1.165, 1.54) is 19.3 Å². The lowest BCUT2D eigenvalue weighted by molar-refractivity contribution is -0.119. The summed E-state index contributed by atoms with van der Waals surface area (Å²) in [6.07, 6.45) is 9.36. The summed E-state index contributed by atoms with van der Waals surface area (Å²) in [4.78, 5) is 24.6. The van der Waals surface area contributed by atoms with Crippen molar-refractivity contribution in [3.63, 3.8) is 0 Å². The molecule has 0 radical (unpaired) electrons. The molecule has 31 heavy (non-hydrogen) atoms. The van der Waals surface area contributed by atoms with Crippen LogP contribution in [0.1, 0.15) is 25.0 Å². The number of hydrogen-bond acceptors (Lipinski definition) is 5. The number of nitrogens with zero attached hydrogens (tertiary/aromatic N) is 2. The average molecular weight is 414 g/mol. The Morgan fingerprint density at radius 3 is 2.26 bits per heavy atom. The number of imide groups is 1. The van der Waals surface area contributed by atoms with E-state index in [1.807, 2.05) is 13.8 Å². The van der Waals surface area contributed by atoms with E-state index in [0.717, 1.165) is 10.5 Å². The van der Waals surface area contributed by atoms with Crippen LogP contribution in [-0.4, -0.2) is 25.5 Å². The van der Waals surface area contributed by atoms with Crippen LogP contribution < -0.4 is 14.4 Å². The summed E-state index contributed by atoms with van der Waals surface area (Å²) >= 11 is 0. The van der Waals surface area contributed by atoms with Gasteiger partial charge in [-0.15, -0.1) is 6.42 Å². The first kappa shape index (κ1) is 23.0. The Morgan fingerprint density at radius 1 is 1.06 bits per heavy atom. The molecule has 0 saturated carbocycles. The first-order chi connectivity index (χ1) is 15.1. The number of nitriles is 1. The molecule has 2 aromatic rings. The minimum Gasteiger partial charge on any atom is -0.493 e. The molecule has 1 heterocycles. The summed E-state index contributed by atoms with van der Waals surface area (Å²) < 4.78 is 10.7. The highest BCUT2D eigenvalue weighted by Crippen LogP contribution is 2.30. The van der Waals surface area contributed by atoms with E-state index in [0.29, 0.717) is 28.3 Å². The molecular formula is C25H22N2O4. The van der Waals surface area contributed by atoms with Gasteiger partial charge in [0.1, 0.15) is 6.61 Å². The second kappa shape index (κ2) is 11.0. The van der Waals surface area contributed by atoms with Crippen LogP contribution >= 0.6 is 0 Å². The van der Waals surface area contributed by atoms with E-state index in [1.54, 1.807) is 48.5 Å². The molecule has 6 nitrogen and oxygen atoms in total. The van der Waals surface area contributed by atoms with Crippen LogP contribution in [0.5, 0.6) is 11.5 Å². The predicted molar refractivity (Wildman–Crippen MR) is 120 cm³/mol. The van der Waals surface area contributed by atoms with Gasteiger partial charge in [0, 0.05) is 12.2 Å². The van der Waals surface area contributed by atoms with Crippen LogP contribution in [0.25, 0.3) is 11.6 Å². The number of benzene rings is 2. The summed E-state index contributed by atoms with van der Waals surface area (Å²) in [6, 6.07) is 14.0. The van der Waals surface area contributed by atoms with Crippen molar-refractivity contribution in [2.75, 3.05) is 18.6 Å². The third-order valence-corrected chi connectivity index (χ3v) is 4.18. The van der Waals surface area contributed by atoms with Crippen molar-refractivity contribution in [1.82, 2.24) is 0 Å². The van der Waals surface area contributed by atoms with Crippen LogP contribution in [0, 0.1) is 23.7 Å². The molecule has 0 atom stereocenters. The molecule has 1 aliphatic heterocycles. The number of hydrogen-bond donors (Lipinski definition) is 0. The molecule has 0 unspecified atom stereocenters. The Kier molecular flexibility index (Phi) is 8.19. The molecule has 0 aliphatic carbocycles. The van der Waals surface area contributed by atoms with Crippen molar-refractivity contribution in [3.05, 3.63) is 65.7 Å². The van der Waals surface area contributed by atoms with E-state index in [-0.39, 0.29) is 6.61 Å². The van der Waals surface area contributed by atoms with E-state index >= 15 is 0 Å². The number of carbonyl (C=O) groups is 2. The summed E-state index contributed by atoms with van der Waals surface area (Å²) in [6.45, 7) is 4.12. The number of carbonyl (C=O) groups excluding carboxylic acids is 2. The zero-order valence-electron chi connectivity index (χ0n) is 17.6. The first-order valence-electron chi connectivity index (χ1n) is 9.60. The zero-order valence-corrected chi connectivity index (χ0v) is 17.6. The lowest BCUT2D eigenvalue weighted by Crippen LogP contribution is -2.29. The van der Waals surface area contributed by atoms with Gasteiger partial charge in [0.15, 0.2) is 11.5 Å². The number of terminal acetylenes is 1. The Bertz CT molecular complexity index is 1080. The van der Waals surface area contributed by atoms with Crippen LogP contribution in [0.4, 0.5) is 5.69 Å². The lowest BCUT2D eigenvalue weighted by Gasteiger charge is -2.14. The highest BCUT2D eigenvalue weighted by atomic mass is 16.5. The van der Waals surface area contributed by atoms with Crippen molar-refractivity contribution in [3.8, 4) is 29.9 Å². The molecule has 0 spiro atoms. The van der Waals surface area contributed by atoms with Crippen molar-refractivity contribution in [1.29, 1.82) is 5.26 Å². The number of amides is 2. The maximum absolute atomic E-state index is 11.8. The van der Waals surface area contributed by atoms with Crippen LogP contribution in [0.3, 0.4) is 0 Å². The zero-order chi connectivity index (χ0) is 22.8. The van der Waals surface area contributed by atoms with E-state index in [9.17, 15) is 14.9 Å². The SMILES string of the molecule is C#CCOc1ccc(/C=C(\C#N)c2ccc(N3C(=O)C=CC3=O)cc2)cc1OC.CC. The van der Waals surface area contributed by atoms with E-state index in [2.05, 4.69) is 12.0 Å². The summed E-state index contributed by atoms with van der Waals surface area (Å²) in [5, 5.41) is 9.58. The third kappa shape index (κ3) is 5.41. The molecular weight excluding hydrogens is 392 g/mol. The van der Waals surface area contributed by atoms with E-state index in [4.69, 9.17) is 15.9 Å². The standard InChI is InChI=1S/C23H16N2O4.C2H6/c1-3-12-29-20-9-4-16(14-21(20)28-2)13-18(15-24)17-5-7-19(8-6-17)25-22(26)10-11-23(25)27;1-2/h1,4-11,13-14H,12H2,2H3;1-2H3/b18-13+;. The van der Waals surface area contributed by atoms with Gasteiger partial charge in [-0.2, -0.15) is 5.26 Å². The smallest absolute Gasteiger partial charge is 0.258 e. The quantitative estimate of drug-likeness (QED) is 0.306. The van der Waals surface area contributed by atoms with Gasteiger partial charge in [0.05, 0.1) is 24.4 Å². The van der Waals surface area contributed by atoms with Gasteiger partial charge < -0.3 is 9.47 Å². The predicted octanol–water partition coefficient (Wildman–Crippen LogP) is 4.23. The van der Waals surface area contributed by atoms with Gasteiger partial charge in [-0.3, -0.25) is 9.59 Å². The van der Waals surface area contributed by atoms with Crippen molar-refractivity contribution < 1.29 is 19.1 Å². The highest BCUT2D eigenvalue weighted by molar-refractivity contribution is 6.28. The molecule has 1 aliphatic rings. The second-order valence-electron chi connectivity index (χ2n) is 5.97. The van der Waals surface area contributed by atoms with Gasteiger partial charge in [-0.1, -0.05) is 38.0 Å². The lowest BCUT2D eigenvalue weighted by atomic mass is 10.0. The third-order valence-electron chi connectivity index (χ3n) is 4.18. The number of allylic oxidation sites excluding steroid dienone is 1. The Morgan fingerprint density at radius 2 is 1.71 bits per heavy atom. The number of rotatable bonds is 6. The molecule has 0 bridgehead atoms. The minimum atomic E-state index is -0.391. The summed E-state index contributed by atoms with van der Waals surface area (Å²) in [5.41, 5.74) is 2.25. The van der Waals surface area contributed by atoms with Gasteiger partial charge in [0.2, 0.25) is 0 Å². The maximum atomic E-state index is 11.8. The number of ether oxygens (including phenoxy) is 2. The van der Waals surface area contributed by atoms with Gasteiger partial charge in [-0.05, 0) is 41.5 Å². The maximum Gasteiger partial charge on any atom is 0.258 e. The van der Waals surface area contributed by atoms with Crippen molar-refractivity contribution in [2.24, 2.45) is 0 Å². The normalized spacial score (nSPS) is 12.5. The number of anilines is 1.